The standard InChI is InChI=1S/C18H17F3N4O/c1-9-4-5-13(19)14(6-9)23-15(26)8-25-18-16(11(3)24-25)12(17(20)21)7-10(2)22-18/h4-7,17H,8H2,1-3H3,(H,23,26). The molecule has 3 aromatic rings. The van der Waals surface area contributed by atoms with Gasteiger partial charge in [0.15, 0.2) is 5.65 Å². The summed E-state index contributed by atoms with van der Waals surface area (Å²) in [6.07, 6.45) is -2.68. The summed E-state index contributed by atoms with van der Waals surface area (Å²) in [5.41, 5.74) is 1.65. The van der Waals surface area contributed by atoms with Crippen molar-refractivity contribution in [1.29, 1.82) is 0 Å². The lowest BCUT2D eigenvalue weighted by molar-refractivity contribution is -0.116. The molecular formula is C18H17F3N4O. The third-order valence-corrected chi connectivity index (χ3v) is 3.96. The van der Waals surface area contributed by atoms with Crippen LogP contribution >= 0.6 is 0 Å². The van der Waals surface area contributed by atoms with E-state index in [1.807, 2.05) is 0 Å². The van der Waals surface area contributed by atoms with E-state index in [1.165, 1.54) is 22.9 Å². The molecule has 0 aliphatic heterocycles. The largest absolute Gasteiger partial charge is 0.322 e. The number of nitrogens with one attached hydrogen (secondary N) is 1. The zero-order valence-corrected chi connectivity index (χ0v) is 14.5. The first kappa shape index (κ1) is 17.9. The first-order valence-corrected chi connectivity index (χ1v) is 7.95. The molecule has 0 aliphatic rings. The van der Waals surface area contributed by atoms with Crippen LogP contribution in [0, 0.1) is 26.6 Å². The van der Waals surface area contributed by atoms with E-state index in [0.717, 1.165) is 5.56 Å². The van der Waals surface area contributed by atoms with E-state index in [9.17, 15) is 18.0 Å². The minimum Gasteiger partial charge on any atom is -0.322 e. The van der Waals surface area contributed by atoms with Crippen molar-refractivity contribution in [3.8, 4) is 0 Å². The lowest BCUT2D eigenvalue weighted by Crippen LogP contribution is -2.20. The number of fused-ring (bicyclic) bond motifs is 1. The van der Waals surface area contributed by atoms with E-state index in [0.29, 0.717) is 11.4 Å². The summed E-state index contributed by atoms with van der Waals surface area (Å²) in [5, 5.41) is 6.87. The molecule has 0 saturated carbocycles. The molecule has 0 fully saturated rings. The summed E-state index contributed by atoms with van der Waals surface area (Å²) < 4.78 is 41.7. The third kappa shape index (κ3) is 3.40. The molecule has 1 N–H and O–H groups in total. The second-order valence-electron chi connectivity index (χ2n) is 6.13. The number of hydrogen-bond acceptors (Lipinski definition) is 3. The molecule has 2 heterocycles. The Morgan fingerprint density at radius 2 is 1.96 bits per heavy atom. The Morgan fingerprint density at radius 1 is 1.23 bits per heavy atom. The van der Waals surface area contributed by atoms with Crippen LogP contribution < -0.4 is 5.32 Å². The Balaban J connectivity index is 1.94. The van der Waals surface area contributed by atoms with Crippen LogP contribution in [0.25, 0.3) is 11.0 Å². The maximum Gasteiger partial charge on any atom is 0.264 e. The third-order valence-electron chi connectivity index (χ3n) is 3.96. The van der Waals surface area contributed by atoms with Gasteiger partial charge in [0.05, 0.1) is 16.8 Å². The number of carbonyl (C=O) groups excluding carboxylic acids is 1. The Bertz CT molecular complexity index is 998. The lowest BCUT2D eigenvalue weighted by Gasteiger charge is -2.09. The quantitative estimate of drug-likeness (QED) is 0.761. The maximum absolute atomic E-state index is 13.8. The van der Waals surface area contributed by atoms with E-state index in [-0.39, 0.29) is 28.8 Å². The molecule has 0 unspecified atom stereocenters. The minimum atomic E-state index is -2.68. The first-order chi connectivity index (χ1) is 12.3. The number of benzene rings is 1. The van der Waals surface area contributed by atoms with Crippen LogP contribution in [0.2, 0.25) is 0 Å². The van der Waals surface area contributed by atoms with Crippen LogP contribution in [0.15, 0.2) is 24.3 Å². The van der Waals surface area contributed by atoms with E-state index >= 15 is 0 Å². The summed E-state index contributed by atoms with van der Waals surface area (Å²) in [6, 6.07) is 5.68. The molecule has 0 spiro atoms. The molecule has 1 amide bonds. The predicted molar refractivity (Wildman–Crippen MR) is 91.7 cm³/mol. The highest BCUT2D eigenvalue weighted by Crippen LogP contribution is 2.30. The number of anilines is 1. The van der Waals surface area contributed by atoms with Gasteiger partial charge in [-0.1, -0.05) is 6.07 Å². The number of rotatable bonds is 4. The Kier molecular flexibility index (Phi) is 4.67. The zero-order chi connectivity index (χ0) is 19.0. The van der Waals surface area contributed by atoms with Gasteiger partial charge in [-0.25, -0.2) is 22.8 Å². The highest BCUT2D eigenvalue weighted by molar-refractivity contribution is 5.92. The van der Waals surface area contributed by atoms with Crippen molar-refractivity contribution in [2.75, 3.05) is 5.32 Å². The van der Waals surface area contributed by atoms with Crippen LogP contribution in [-0.4, -0.2) is 20.7 Å². The number of aromatic nitrogens is 3. The summed E-state index contributed by atoms with van der Waals surface area (Å²) >= 11 is 0. The van der Waals surface area contributed by atoms with Crippen molar-refractivity contribution in [3.63, 3.8) is 0 Å². The van der Waals surface area contributed by atoms with Crippen molar-refractivity contribution < 1.29 is 18.0 Å². The van der Waals surface area contributed by atoms with Crippen molar-refractivity contribution in [2.45, 2.75) is 33.7 Å². The van der Waals surface area contributed by atoms with Gasteiger partial charge >= 0.3 is 0 Å². The molecule has 0 saturated heterocycles. The molecule has 136 valence electrons. The van der Waals surface area contributed by atoms with E-state index in [1.54, 1.807) is 26.8 Å². The van der Waals surface area contributed by atoms with Gasteiger partial charge < -0.3 is 5.32 Å². The highest BCUT2D eigenvalue weighted by Gasteiger charge is 2.20. The number of aryl methyl sites for hydroxylation is 3. The number of hydrogen-bond donors (Lipinski definition) is 1. The summed E-state index contributed by atoms with van der Waals surface area (Å²) in [5.74, 6) is -1.08. The van der Waals surface area contributed by atoms with Gasteiger partial charge in [-0.2, -0.15) is 5.10 Å². The van der Waals surface area contributed by atoms with E-state index in [2.05, 4.69) is 15.4 Å². The monoisotopic (exact) mass is 362 g/mol. The molecule has 2 aromatic heterocycles. The smallest absolute Gasteiger partial charge is 0.264 e. The summed E-state index contributed by atoms with van der Waals surface area (Å²) in [6.45, 7) is 4.69. The molecule has 5 nitrogen and oxygen atoms in total. The normalized spacial score (nSPS) is 11.3. The molecule has 1 aromatic carbocycles. The van der Waals surface area contributed by atoms with Gasteiger partial charge in [0.25, 0.3) is 6.43 Å². The van der Waals surface area contributed by atoms with E-state index < -0.39 is 18.1 Å². The van der Waals surface area contributed by atoms with Crippen molar-refractivity contribution >= 4 is 22.6 Å². The van der Waals surface area contributed by atoms with Crippen LogP contribution in [0.5, 0.6) is 0 Å². The molecule has 0 radical (unpaired) electrons. The zero-order valence-electron chi connectivity index (χ0n) is 14.5. The van der Waals surface area contributed by atoms with Crippen molar-refractivity contribution in [1.82, 2.24) is 14.8 Å². The van der Waals surface area contributed by atoms with Gasteiger partial charge in [-0.15, -0.1) is 0 Å². The fourth-order valence-corrected chi connectivity index (χ4v) is 2.86. The average molecular weight is 362 g/mol. The Morgan fingerprint density at radius 3 is 2.65 bits per heavy atom. The maximum atomic E-state index is 13.8. The highest BCUT2D eigenvalue weighted by atomic mass is 19.3. The summed E-state index contributed by atoms with van der Waals surface area (Å²) in [7, 11) is 0. The number of pyridine rings is 1. The van der Waals surface area contributed by atoms with Gasteiger partial charge in [0.2, 0.25) is 5.91 Å². The molecule has 0 atom stereocenters. The fourth-order valence-electron chi connectivity index (χ4n) is 2.86. The number of amides is 1. The van der Waals surface area contributed by atoms with Crippen molar-refractivity contribution in [2.24, 2.45) is 0 Å². The fraction of sp³-hybridized carbons (Fsp3) is 0.278. The molecule has 8 heteroatoms. The molecule has 0 aliphatic carbocycles. The molecule has 26 heavy (non-hydrogen) atoms. The minimum absolute atomic E-state index is 0.0561. The van der Waals surface area contributed by atoms with Gasteiger partial charge in [0, 0.05) is 11.3 Å². The lowest BCUT2D eigenvalue weighted by atomic mass is 10.1. The van der Waals surface area contributed by atoms with Gasteiger partial charge in [0.1, 0.15) is 12.4 Å². The molecule has 0 bridgehead atoms. The second kappa shape index (κ2) is 6.78. The molecule has 3 rings (SSSR count). The SMILES string of the molecule is Cc1ccc(F)c(NC(=O)Cn2nc(C)c3c(C(F)F)cc(C)nc32)c1. The van der Waals surface area contributed by atoms with Crippen LogP contribution in [-0.2, 0) is 11.3 Å². The second-order valence-corrected chi connectivity index (χ2v) is 6.13. The number of carbonyl (C=O) groups is 1. The Labute approximate surface area is 147 Å². The topological polar surface area (TPSA) is 59.8 Å². The van der Waals surface area contributed by atoms with Crippen LogP contribution in [0.4, 0.5) is 18.9 Å². The molecular weight excluding hydrogens is 345 g/mol. The number of halogens is 3. The summed E-state index contributed by atoms with van der Waals surface area (Å²) in [4.78, 5) is 16.5. The van der Waals surface area contributed by atoms with Crippen LogP contribution in [0.1, 0.15) is 28.9 Å². The van der Waals surface area contributed by atoms with Gasteiger partial charge in [-0.05, 0) is 44.5 Å². The van der Waals surface area contributed by atoms with Crippen LogP contribution in [0.3, 0.4) is 0 Å². The number of nitrogens with zero attached hydrogens (tertiary/aromatic N) is 3. The number of alkyl halides is 2. The predicted octanol–water partition coefficient (Wildman–Crippen LogP) is 4.07. The first-order valence-electron chi connectivity index (χ1n) is 7.95. The van der Waals surface area contributed by atoms with Crippen molar-refractivity contribution in [3.05, 3.63) is 52.6 Å². The Hall–Kier alpha value is -2.90. The van der Waals surface area contributed by atoms with E-state index in [4.69, 9.17) is 0 Å². The van der Waals surface area contributed by atoms with Gasteiger partial charge in [-0.3, -0.25) is 4.79 Å². The average Bonchev–Trinajstić information content (AvgIpc) is 2.85.